The van der Waals surface area contributed by atoms with Crippen LogP contribution in [0.3, 0.4) is 0 Å². The third-order valence-electron chi connectivity index (χ3n) is 3.21. The highest BCUT2D eigenvalue weighted by Crippen LogP contribution is 2.30. The lowest BCUT2D eigenvalue weighted by Crippen LogP contribution is -2.14. The van der Waals surface area contributed by atoms with Gasteiger partial charge in [-0.25, -0.2) is 4.98 Å². The quantitative estimate of drug-likeness (QED) is 0.684. The molecule has 1 amide bonds. The maximum Gasteiger partial charge on any atom is 0.230 e. The zero-order chi connectivity index (χ0) is 16.2. The molecular formula is C17H12Cl2N2OS. The highest BCUT2D eigenvalue weighted by molar-refractivity contribution is 7.14. The van der Waals surface area contributed by atoms with Gasteiger partial charge in [0.1, 0.15) is 0 Å². The Morgan fingerprint density at radius 1 is 1.04 bits per heavy atom. The second-order valence-electron chi connectivity index (χ2n) is 4.83. The molecule has 0 saturated heterocycles. The van der Waals surface area contributed by atoms with Crippen molar-refractivity contribution in [2.75, 3.05) is 5.32 Å². The minimum absolute atomic E-state index is 0.154. The molecule has 0 spiro atoms. The van der Waals surface area contributed by atoms with Crippen molar-refractivity contribution in [1.82, 2.24) is 4.98 Å². The van der Waals surface area contributed by atoms with E-state index in [2.05, 4.69) is 10.3 Å². The molecular weight excluding hydrogens is 351 g/mol. The van der Waals surface area contributed by atoms with E-state index in [4.69, 9.17) is 23.2 Å². The molecule has 3 nitrogen and oxygen atoms in total. The summed E-state index contributed by atoms with van der Waals surface area (Å²) in [7, 11) is 0. The van der Waals surface area contributed by atoms with Gasteiger partial charge in [-0.05, 0) is 17.7 Å². The number of hydrogen-bond acceptors (Lipinski definition) is 3. The fourth-order valence-corrected chi connectivity index (χ4v) is 3.26. The van der Waals surface area contributed by atoms with Gasteiger partial charge in [0.2, 0.25) is 5.91 Å². The van der Waals surface area contributed by atoms with Crippen LogP contribution in [0, 0.1) is 0 Å². The van der Waals surface area contributed by atoms with Crippen molar-refractivity contribution in [1.29, 1.82) is 0 Å². The Morgan fingerprint density at radius 3 is 2.48 bits per heavy atom. The molecule has 3 rings (SSSR count). The largest absolute Gasteiger partial charge is 0.302 e. The van der Waals surface area contributed by atoms with E-state index in [1.807, 2.05) is 47.8 Å². The molecule has 0 saturated carbocycles. The number of benzene rings is 2. The van der Waals surface area contributed by atoms with Gasteiger partial charge in [0.05, 0.1) is 12.1 Å². The second kappa shape index (κ2) is 7.13. The maximum absolute atomic E-state index is 12.1. The first kappa shape index (κ1) is 16.0. The fraction of sp³-hybridized carbons (Fsp3) is 0.0588. The molecule has 0 unspecified atom stereocenters. The molecule has 116 valence electrons. The summed E-state index contributed by atoms with van der Waals surface area (Å²) in [5, 5.41) is 6.41. The van der Waals surface area contributed by atoms with E-state index in [1.165, 1.54) is 11.3 Å². The van der Waals surface area contributed by atoms with Gasteiger partial charge < -0.3 is 5.32 Å². The lowest BCUT2D eigenvalue weighted by atomic mass is 10.1. The van der Waals surface area contributed by atoms with Crippen LogP contribution in [-0.4, -0.2) is 10.9 Å². The molecule has 0 aliphatic heterocycles. The van der Waals surface area contributed by atoms with Gasteiger partial charge in [-0.2, -0.15) is 0 Å². The van der Waals surface area contributed by atoms with Crippen LogP contribution in [0.5, 0.6) is 0 Å². The summed E-state index contributed by atoms with van der Waals surface area (Å²) >= 11 is 13.6. The van der Waals surface area contributed by atoms with Crippen molar-refractivity contribution < 1.29 is 4.79 Å². The number of thiazole rings is 1. The van der Waals surface area contributed by atoms with Crippen LogP contribution in [-0.2, 0) is 11.2 Å². The van der Waals surface area contributed by atoms with E-state index in [1.54, 1.807) is 6.07 Å². The zero-order valence-corrected chi connectivity index (χ0v) is 14.3. The molecule has 3 aromatic rings. The van der Waals surface area contributed by atoms with E-state index in [-0.39, 0.29) is 12.3 Å². The minimum atomic E-state index is -0.154. The third kappa shape index (κ3) is 3.91. The average Bonchev–Trinajstić information content (AvgIpc) is 2.98. The van der Waals surface area contributed by atoms with Crippen LogP contribution in [0.15, 0.2) is 53.9 Å². The Morgan fingerprint density at radius 2 is 1.74 bits per heavy atom. The molecule has 0 fully saturated rings. The molecule has 2 aromatic carbocycles. The van der Waals surface area contributed by atoms with Gasteiger partial charge >= 0.3 is 0 Å². The highest BCUT2D eigenvalue weighted by atomic mass is 35.5. The van der Waals surface area contributed by atoms with Crippen molar-refractivity contribution in [3.05, 3.63) is 69.5 Å². The molecule has 0 atom stereocenters. The molecule has 0 bridgehead atoms. The molecule has 6 heteroatoms. The number of carbonyl (C=O) groups is 1. The van der Waals surface area contributed by atoms with Gasteiger partial charge in [0.25, 0.3) is 0 Å². The number of rotatable bonds is 4. The lowest BCUT2D eigenvalue weighted by Gasteiger charge is -2.04. The van der Waals surface area contributed by atoms with E-state index in [0.717, 1.165) is 16.8 Å². The Labute approximate surface area is 147 Å². The van der Waals surface area contributed by atoms with E-state index in [9.17, 15) is 4.79 Å². The number of aromatic nitrogens is 1. The number of hydrogen-bond donors (Lipinski definition) is 1. The van der Waals surface area contributed by atoms with Crippen LogP contribution < -0.4 is 5.32 Å². The van der Waals surface area contributed by atoms with Gasteiger partial charge in [-0.15, -0.1) is 11.3 Å². The normalized spacial score (nSPS) is 10.5. The van der Waals surface area contributed by atoms with Crippen LogP contribution in [0.4, 0.5) is 5.13 Å². The van der Waals surface area contributed by atoms with E-state index < -0.39 is 0 Å². The van der Waals surface area contributed by atoms with Crippen LogP contribution in [0.1, 0.15) is 5.56 Å². The SMILES string of the molecule is O=C(Cc1ccccc1Cl)Nc1nc(-c2ccccc2Cl)cs1. The summed E-state index contributed by atoms with van der Waals surface area (Å²) in [4.78, 5) is 16.5. The average molecular weight is 363 g/mol. The first-order valence-electron chi connectivity index (χ1n) is 6.87. The summed E-state index contributed by atoms with van der Waals surface area (Å²) < 4.78 is 0. The van der Waals surface area contributed by atoms with Gasteiger partial charge in [0, 0.05) is 21.0 Å². The third-order valence-corrected chi connectivity index (χ3v) is 4.67. The molecule has 0 aliphatic rings. The Bertz CT molecular complexity index is 848. The summed E-state index contributed by atoms with van der Waals surface area (Å²) in [5.74, 6) is -0.154. The van der Waals surface area contributed by atoms with Crippen molar-refractivity contribution >= 4 is 45.6 Å². The van der Waals surface area contributed by atoms with Crippen molar-refractivity contribution in [2.24, 2.45) is 0 Å². The standard InChI is InChI=1S/C17H12Cl2N2OS/c18-13-7-3-1-5-11(13)9-16(22)21-17-20-15(10-23-17)12-6-2-4-8-14(12)19/h1-8,10H,9H2,(H,20,21,22). The second-order valence-corrected chi connectivity index (χ2v) is 6.51. The summed E-state index contributed by atoms with van der Waals surface area (Å²) in [6.45, 7) is 0. The Hall–Kier alpha value is -1.88. The van der Waals surface area contributed by atoms with Crippen molar-refractivity contribution in [3.63, 3.8) is 0 Å². The maximum atomic E-state index is 12.1. The first-order valence-corrected chi connectivity index (χ1v) is 8.51. The summed E-state index contributed by atoms with van der Waals surface area (Å²) in [6, 6.07) is 14.8. The number of nitrogens with one attached hydrogen (secondary N) is 1. The topological polar surface area (TPSA) is 42.0 Å². The zero-order valence-electron chi connectivity index (χ0n) is 11.9. The predicted molar refractivity (Wildman–Crippen MR) is 96.3 cm³/mol. The van der Waals surface area contributed by atoms with Gasteiger partial charge in [-0.1, -0.05) is 59.6 Å². The number of nitrogens with zero attached hydrogens (tertiary/aromatic N) is 1. The monoisotopic (exact) mass is 362 g/mol. The Balaban J connectivity index is 1.71. The highest BCUT2D eigenvalue weighted by Gasteiger charge is 2.11. The van der Waals surface area contributed by atoms with Crippen molar-refractivity contribution in [2.45, 2.75) is 6.42 Å². The number of halogens is 2. The van der Waals surface area contributed by atoms with Crippen LogP contribution in [0.25, 0.3) is 11.3 Å². The molecule has 0 radical (unpaired) electrons. The number of anilines is 1. The molecule has 1 heterocycles. The van der Waals surface area contributed by atoms with Gasteiger partial charge in [0.15, 0.2) is 5.13 Å². The summed E-state index contributed by atoms with van der Waals surface area (Å²) in [5.41, 5.74) is 2.38. The fourth-order valence-electron chi connectivity index (χ4n) is 2.10. The first-order chi connectivity index (χ1) is 11.1. The molecule has 1 N–H and O–H groups in total. The number of carbonyl (C=O) groups excluding carboxylic acids is 1. The molecule has 23 heavy (non-hydrogen) atoms. The summed E-state index contributed by atoms with van der Waals surface area (Å²) in [6.07, 6.45) is 0.209. The van der Waals surface area contributed by atoms with E-state index >= 15 is 0 Å². The smallest absolute Gasteiger partial charge is 0.230 e. The van der Waals surface area contributed by atoms with Gasteiger partial charge in [-0.3, -0.25) is 4.79 Å². The molecule has 0 aliphatic carbocycles. The van der Waals surface area contributed by atoms with Crippen molar-refractivity contribution in [3.8, 4) is 11.3 Å². The Kier molecular flexibility index (Phi) is 4.96. The minimum Gasteiger partial charge on any atom is -0.302 e. The van der Waals surface area contributed by atoms with Crippen LogP contribution in [0.2, 0.25) is 10.0 Å². The van der Waals surface area contributed by atoms with Crippen LogP contribution >= 0.6 is 34.5 Å². The molecule has 1 aromatic heterocycles. The lowest BCUT2D eigenvalue weighted by molar-refractivity contribution is -0.115. The number of amides is 1. The predicted octanol–water partition coefficient (Wildman–Crippen LogP) is 5.30. The van der Waals surface area contributed by atoms with E-state index in [0.29, 0.717) is 15.2 Å².